The Balaban J connectivity index is 2.15. The Morgan fingerprint density at radius 1 is 0.600 bits per heavy atom. The van der Waals surface area contributed by atoms with Gasteiger partial charge in [0.1, 0.15) is 0 Å². The van der Waals surface area contributed by atoms with Crippen molar-refractivity contribution in [1.82, 2.24) is 0 Å². The predicted molar refractivity (Wildman–Crippen MR) is 157 cm³/mol. The van der Waals surface area contributed by atoms with Crippen LogP contribution >= 0.6 is 0 Å². The molecule has 0 radical (unpaired) electrons. The lowest BCUT2D eigenvalue weighted by Gasteiger charge is -2.12. The standard InChI is InChI=1S/C33H48N2/c1-4-7-10-11-12-13-14-15-17-22-29-23-20-21-28-31(29)35-33(27-9-6-3)32(26-8-5-2)34-30-24-18-16-19-25-30/h13-14,16,18-21,23-25,28H,4-12,15,17,22,26-27H2,1-3H3. The first-order valence-electron chi connectivity index (χ1n) is 14.2. The van der Waals surface area contributed by atoms with Gasteiger partial charge in [-0.25, -0.2) is 0 Å². The zero-order chi connectivity index (χ0) is 25.0. The zero-order valence-corrected chi connectivity index (χ0v) is 22.6. The SMILES string of the molecule is CCCCCCC=CCCCc1ccccc1N=C(CCCC)C(CCCC)=Nc1ccccc1. The van der Waals surface area contributed by atoms with Crippen molar-refractivity contribution < 1.29 is 0 Å². The van der Waals surface area contributed by atoms with E-state index in [1.165, 1.54) is 49.8 Å². The molecule has 0 aliphatic rings. The number of benzene rings is 2. The number of unbranched alkanes of at least 4 members (excludes halogenated alkanes) is 7. The molecule has 0 aliphatic carbocycles. The van der Waals surface area contributed by atoms with Gasteiger partial charge in [-0.2, -0.15) is 0 Å². The van der Waals surface area contributed by atoms with Crippen LogP contribution in [0.2, 0.25) is 0 Å². The van der Waals surface area contributed by atoms with Gasteiger partial charge in [0.25, 0.3) is 0 Å². The summed E-state index contributed by atoms with van der Waals surface area (Å²) in [5.41, 5.74) is 5.83. The van der Waals surface area contributed by atoms with E-state index in [1.54, 1.807) is 0 Å². The second-order valence-electron chi connectivity index (χ2n) is 9.50. The molecule has 0 atom stereocenters. The van der Waals surface area contributed by atoms with Gasteiger partial charge in [-0.3, -0.25) is 9.98 Å². The number of nitrogens with zero attached hydrogens (tertiary/aromatic N) is 2. The molecule has 0 unspecified atom stereocenters. The lowest BCUT2D eigenvalue weighted by Crippen LogP contribution is -2.14. The highest BCUT2D eigenvalue weighted by Gasteiger charge is 2.11. The van der Waals surface area contributed by atoms with E-state index in [0.29, 0.717) is 0 Å². The van der Waals surface area contributed by atoms with Crippen LogP contribution in [0.25, 0.3) is 0 Å². The van der Waals surface area contributed by atoms with Crippen LogP contribution < -0.4 is 0 Å². The monoisotopic (exact) mass is 472 g/mol. The van der Waals surface area contributed by atoms with Gasteiger partial charge in [-0.15, -0.1) is 0 Å². The molecule has 0 amide bonds. The van der Waals surface area contributed by atoms with Gasteiger partial charge in [-0.05, 0) is 81.5 Å². The molecule has 2 nitrogen and oxygen atoms in total. The van der Waals surface area contributed by atoms with E-state index in [0.717, 1.165) is 68.5 Å². The highest BCUT2D eigenvalue weighted by atomic mass is 14.8. The smallest absolute Gasteiger partial charge is 0.0665 e. The van der Waals surface area contributed by atoms with E-state index >= 15 is 0 Å². The third-order valence-corrected chi connectivity index (χ3v) is 6.34. The summed E-state index contributed by atoms with van der Waals surface area (Å²) in [5, 5.41) is 0. The molecule has 0 heterocycles. The van der Waals surface area contributed by atoms with E-state index in [9.17, 15) is 0 Å². The normalized spacial score (nSPS) is 12.5. The molecule has 0 aromatic heterocycles. The molecule has 2 rings (SSSR count). The van der Waals surface area contributed by atoms with Gasteiger partial charge in [0.15, 0.2) is 0 Å². The molecule has 190 valence electrons. The van der Waals surface area contributed by atoms with Crippen molar-refractivity contribution >= 4 is 22.8 Å². The number of rotatable bonds is 18. The fraction of sp³-hybridized carbons (Fsp3) is 0.515. The molecule has 2 aromatic rings. The first-order valence-corrected chi connectivity index (χ1v) is 14.2. The molecular weight excluding hydrogens is 424 g/mol. The molecule has 0 fully saturated rings. The topological polar surface area (TPSA) is 24.7 Å². The molecule has 2 aromatic carbocycles. The van der Waals surface area contributed by atoms with E-state index in [2.05, 4.69) is 87.5 Å². The maximum atomic E-state index is 5.27. The van der Waals surface area contributed by atoms with Crippen LogP contribution in [0.5, 0.6) is 0 Å². The van der Waals surface area contributed by atoms with Crippen molar-refractivity contribution in [3.05, 3.63) is 72.3 Å². The molecule has 0 aliphatic heterocycles. The van der Waals surface area contributed by atoms with E-state index in [1.807, 2.05) is 0 Å². The molecule has 0 bridgehead atoms. The van der Waals surface area contributed by atoms with E-state index in [-0.39, 0.29) is 0 Å². The van der Waals surface area contributed by atoms with E-state index in [4.69, 9.17) is 9.98 Å². The Hall–Kier alpha value is -2.48. The quantitative estimate of drug-likeness (QED) is 0.117. The first-order chi connectivity index (χ1) is 17.3. The molecule has 0 saturated carbocycles. The highest BCUT2D eigenvalue weighted by Crippen LogP contribution is 2.24. The number of aliphatic imine (C=N–C) groups is 2. The second kappa shape index (κ2) is 18.8. The average molecular weight is 473 g/mol. The molecule has 0 N–H and O–H groups in total. The van der Waals surface area contributed by atoms with Crippen molar-refractivity contribution in [2.75, 3.05) is 0 Å². The number of hydrogen-bond acceptors (Lipinski definition) is 2. The Labute approximate surface area is 215 Å². The maximum Gasteiger partial charge on any atom is 0.0665 e. The fourth-order valence-corrected chi connectivity index (χ4v) is 4.19. The van der Waals surface area contributed by atoms with Crippen LogP contribution in [0, 0.1) is 0 Å². The van der Waals surface area contributed by atoms with Crippen molar-refractivity contribution in [2.45, 2.75) is 111 Å². The minimum atomic E-state index is 0.985. The largest absolute Gasteiger partial charge is 0.252 e. The van der Waals surface area contributed by atoms with Crippen LogP contribution in [-0.2, 0) is 6.42 Å². The van der Waals surface area contributed by atoms with Crippen LogP contribution in [0.15, 0.2) is 76.7 Å². The summed E-state index contributed by atoms with van der Waals surface area (Å²) >= 11 is 0. The lowest BCUT2D eigenvalue weighted by molar-refractivity contribution is 0.673. The maximum absolute atomic E-state index is 5.27. The van der Waals surface area contributed by atoms with Crippen LogP contribution in [0.3, 0.4) is 0 Å². The molecular formula is C33H48N2. The van der Waals surface area contributed by atoms with Crippen molar-refractivity contribution in [3.8, 4) is 0 Å². The average Bonchev–Trinajstić information content (AvgIpc) is 2.89. The summed E-state index contributed by atoms with van der Waals surface area (Å²) in [6.45, 7) is 6.77. The summed E-state index contributed by atoms with van der Waals surface area (Å²) in [6.07, 6.45) is 21.3. The van der Waals surface area contributed by atoms with Gasteiger partial charge >= 0.3 is 0 Å². The fourth-order valence-electron chi connectivity index (χ4n) is 4.19. The number of hydrogen-bond donors (Lipinski definition) is 0. The van der Waals surface area contributed by atoms with Crippen molar-refractivity contribution in [2.24, 2.45) is 9.98 Å². The van der Waals surface area contributed by atoms with Crippen molar-refractivity contribution in [1.29, 1.82) is 0 Å². The third-order valence-electron chi connectivity index (χ3n) is 6.34. The zero-order valence-electron chi connectivity index (χ0n) is 22.6. The minimum Gasteiger partial charge on any atom is -0.252 e. The van der Waals surface area contributed by atoms with Crippen LogP contribution in [0.1, 0.15) is 110 Å². The summed E-state index contributed by atoms with van der Waals surface area (Å²) in [4.78, 5) is 10.3. The van der Waals surface area contributed by atoms with Gasteiger partial charge in [0.2, 0.25) is 0 Å². The predicted octanol–water partition coefficient (Wildman–Crippen LogP) is 10.8. The van der Waals surface area contributed by atoms with Crippen LogP contribution in [-0.4, -0.2) is 11.4 Å². The summed E-state index contributed by atoms with van der Waals surface area (Å²) in [6, 6.07) is 19.1. The van der Waals surface area contributed by atoms with Gasteiger partial charge in [0, 0.05) is 0 Å². The van der Waals surface area contributed by atoms with Crippen LogP contribution in [0.4, 0.5) is 11.4 Å². The Kier molecular flexibility index (Phi) is 15.4. The lowest BCUT2D eigenvalue weighted by atomic mass is 10.0. The van der Waals surface area contributed by atoms with Crippen molar-refractivity contribution in [3.63, 3.8) is 0 Å². The van der Waals surface area contributed by atoms with Gasteiger partial charge < -0.3 is 0 Å². The number of aryl methyl sites for hydroxylation is 1. The van der Waals surface area contributed by atoms with E-state index < -0.39 is 0 Å². The minimum absolute atomic E-state index is 0.985. The third kappa shape index (κ3) is 12.2. The number of para-hydroxylation sites is 2. The molecule has 35 heavy (non-hydrogen) atoms. The summed E-state index contributed by atoms with van der Waals surface area (Å²) in [7, 11) is 0. The molecule has 2 heteroatoms. The first kappa shape index (κ1) is 28.8. The molecule has 0 spiro atoms. The Morgan fingerprint density at radius 3 is 1.89 bits per heavy atom. The molecule has 0 saturated heterocycles. The van der Waals surface area contributed by atoms with Gasteiger partial charge in [-0.1, -0.05) is 101 Å². The second-order valence-corrected chi connectivity index (χ2v) is 9.50. The Bertz CT molecular complexity index is 892. The number of allylic oxidation sites excluding steroid dienone is 2. The highest BCUT2D eigenvalue weighted by molar-refractivity contribution is 6.43. The summed E-state index contributed by atoms with van der Waals surface area (Å²) in [5.74, 6) is 0. The Morgan fingerprint density at radius 2 is 1.20 bits per heavy atom. The summed E-state index contributed by atoms with van der Waals surface area (Å²) < 4.78 is 0. The van der Waals surface area contributed by atoms with Gasteiger partial charge in [0.05, 0.1) is 22.8 Å².